The molecule has 10 heteroatoms. The number of carbonyl (C=O) groups excluding carboxylic acids is 2. The van der Waals surface area contributed by atoms with Crippen LogP contribution in [0.2, 0.25) is 0 Å². The molecule has 2 aromatic carbocycles. The summed E-state index contributed by atoms with van der Waals surface area (Å²) in [6, 6.07) is 10.0. The van der Waals surface area contributed by atoms with Crippen LogP contribution in [0.25, 0.3) is 0 Å². The van der Waals surface area contributed by atoms with Gasteiger partial charge in [-0.05, 0) is 47.4 Å². The molecule has 0 aromatic heterocycles. The summed E-state index contributed by atoms with van der Waals surface area (Å²) in [6.07, 6.45) is 2.22. The van der Waals surface area contributed by atoms with Crippen LogP contribution in [0.1, 0.15) is 64.9 Å². The molecule has 0 fully saturated rings. The van der Waals surface area contributed by atoms with Gasteiger partial charge in [-0.15, -0.1) is 0 Å². The molecule has 0 atom stereocenters. The maximum absolute atomic E-state index is 13.6. The SMILES string of the molecule is CN1C2=C(C(=O)CC(C)(C)C2)C(c2ccc(Oc3ccc([N+](=O)[O-])cc3[N+](=O)[O-])cc2)C2=C1CC(C)(C)CC2=O. The zero-order valence-corrected chi connectivity index (χ0v) is 23.1. The number of hydrogen-bond acceptors (Lipinski definition) is 8. The van der Waals surface area contributed by atoms with Gasteiger partial charge in [0.15, 0.2) is 11.6 Å². The Balaban J connectivity index is 1.56. The van der Waals surface area contributed by atoms with Crippen LogP contribution in [0.15, 0.2) is 65.0 Å². The number of nitro benzene ring substituents is 2. The second kappa shape index (κ2) is 9.39. The van der Waals surface area contributed by atoms with Gasteiger partial charge in [-0.25, -0.2) is 0 Å². The number of ketones is 2. The van der Waals surface area contributed by atoms with E-state index in [-0.39, 0.29) is 33.9 Å². The first-order valence-electron chi connectivity index (χ1n) is 13.1. The van der Waals surface area contributed by atoms with Crippen molar-refractivity contribution in [3.05, 3.63) is 90.8 Å². The summed E-state index contributed by atoms with van der Waals surface area (Å²) >= 11 is 0. The summed E-state index contributed by atoms with van der Waals surface area (Å²) in [5.74, 6) is -0.282. The third kappa shape index (κ3) is 4.78. The number of allylic oxidation sites excluding steroid dienone is 4. The van der Waals surface area contributed by atoms with Gasteiger partial charge in [0.05, 0.1) is 15.9 Å². The lowest BCUT2D eigenvalue weighted by atomic mass is 9.64. The van der Waals surface area contributed by atoms with E-state index in [1.54, 1.807) is 24.3 Å². The minimum absolute atomic E-state index is 0.0362. The van der Waals surface area contributed by atoms with Gasteiger partial charge in [0, 0.05) is 54.4 Å². The van der Waals surface area contributed by atoms with Crippen molar-refractivity contribution in [1.82, 2.24) is 4.90 Å². The van der Waals surface area contributed by atoms with Gasteiger partial charge >= 0.3 is 5.69 Å². The summed E-state index contributed by atoms with van der Waals surface area (Å²) in [5, 5.41) is 22.6. The number of carbonyl (C=O) groups is 2. The Bertz CT molecular complexity index is 1480. The average molecular weight is 546 g/mol. The first kappa shape index (κ1) is 27.2. The van der Waals surface area contributed by atoms with E-state index < -0.39 is 27.1 Å². The molecular formula is C30H31N3O7. The lowest BCUT2D eigenvalue weighted by Crippen LogP contribution is -2.43. The monoisotopic (exact) mass is 545 g/mol. The van der Waals surface area contributed by atoms with Crippen LogP contribution < -0.4 is 4.74 Å². The van der Waals surface area contributed by atoms with Crippen molar-refractivity contribution >= 4 is 22.9 Å². The molecule has 2 aromatic rings. The molecule has 3 aliphatic rings. The second-order valence-electron chi connectivity index (χ2n) is 12.4. The van der Waals surface area contributed by atoms with Crippen molar-refractivity contribution < 1.29 is 24.2 Å². The first-order valence-corrected chi connectivity index (χ1v) is 13.1. The minimum atomic E-state index is -0.733. The Morgan fingerprint density at radius 2 is 1.32 bits per heavy atom. The van der Waals surface area contributed by atoms with Crippen molar-refractivity contribution in [3.63, 3.8) is 0 Å². The summed E-state index contributed by atoms with van der Waals surface area (Å²) in [7, 11) is 1.96. The normalized spacial score (nSPS) is 20.3. The molecule has 0 saturated heterocycles. The van der Waals surface area contributed by atoms with Gasteiger partial charge < -0.3 is 9.64 Å². The predicted molar refractivity (Wildman–Crippen MR) is 147 cm³/mol. The van der Waals surface area contributed by atoms with E-state index in [9.17, 15) is 29.8 Å². The van der Waals surface area contributed by atoms with E-state index in [1.165, 1.54) is 6.07 Å². The van der Waals surface area contributed by atoms with Crippen LogP contribution in [0.3, 0.4) is 0 Å². The molecule has 0 spiro atoms. The average Bonchev–Trinajstić information content (AvgIpc) is 2.84. The topological polar surface area (TPSA) is 133 Å². The van der Waals surface area contributed by atoms with Crippen LogP contribution in [0, 0.1) is 31.1 Å². The lowest BCUT2D eigenvalue weighted by molar-refractivity contribution is -0.394. The van der Waals surface area contributed by atoms with Crippen molar-refractivity contribution in [1.29, 1.82) is 0 Å². The number of non-ortho nitro benzene ring substituents is 1. The predicted octanol–water partition coefficient (Wildman–Crippen LogP) is 6.61. The van der Waals surface area contributed by atoms with Crippen molar-refractivity contribution in [3.8, 4) is 11.5 Å². The molecule has 40 heavy (non-hydrogen) atoms. The zero-order chi connectivity index (χ0) is 29.1. The summed E-state index contributed by atoms with van der Waals surface area (Å²) < 4.78 is 5.74. The Morgan fingerprint density at radius 1 is 0.800 bits per heavy atom. The number of benzene rings is 2. The van der Waals surface area contributed by atoms with E-state index in [4.69, 9.17) is 4.74 Å². The number of hydrogen-bond donors (Lipinski definition) is 0. The lowest BCUT2D eigenvalue weighted by Gasteiger charge is -2.47. The maximum atomic E-state index is 13.6. The minimum Gasteiger partial charge on any atom is -0.450 e. The molecule has 1 aliphatic heterocycles. The van der Waals surface area contributed by atoms with Crippen LogP contribution in [-0.4, -0.2) is 33.4 Å². The van der Waals surface area contributed by atoms with Crippen molar-refractivity contribution in [2.24, 2.45) is 10.8 Å². The molecule has 2 aliphatic carbocycles. The fourth-order valence-corrected chi connectivity index (χ4v) is 6.20. The molecule has 0 radical (unpaired) electrons. The number of Topliss-reactive ketones (excluding diaryl/α,β-unsaturated/α-hetero) is 2. The molecule has 0 unspecified atom stereocenters. The maximum Gasteiger partial charge on any atom is 0.318 e. The van der Waals surface area contributed by atoms with E-state index in [1.807, 2.05) is 7.05 Å². The molecule has 0 saturated carbocycles. The molecule has 0 N–H and O–H groups in total. The molecule has 0 amide bonds. The highest BCUT2D eigenvalue weighted by Gasteiger charge is 2.48. The van der Waals surface area contributed by atoms with Gasteiger partial charge in [0.25, 0.3) is 5.69 Å². The zero-order valence-electron chi connectivity index (χ0n) is 23.1. The molecule has 0 bridgehead atoms. The summed E-state index contributed by atoms with van der Waals surface area (Å²) in [6.45, 7) is 8.34. The standard InChI is InChI=1S/C30H31N3O7/c1-29(2)13-21-27(23(34)15-29)26(28-22(31(21)5)14-30(3,4)16-24(28)35)17-6-9-19(10-7-17)40-25-11-8-18(32(36)37)12-20(25)33(38)39/h6-12,26H,13-16H2,1-5H3. The highest BCUT2D eigenvalue weighted by Crippen LogP contribution is 2.54. The quantitative estimate of drug-likeness (QED) is 0.303. The fourth-order valence-electron chi connectivity index (χ4n) is 6.20. The molecule has 208 valence electrons. The van der Waals surface area contributed by atoms with E-state index in [2.05, 4.69) is 32.6 Å². The van der Waals surface area contributed by atoms with E-state index in [0.717, 1.165) is 41.9 Å². The third-order valence-electron chi connectivity index (χ3n) is 7.97. The number of nitrogens with zero attached hydrogens (tertiary/aromatic N) is 3. The highest BCUT2D eigenvalue weighted by molar-refractivity contribution is 6.06. The largest absolute Gasteiger partial charge is 0.450 e. The highest BCUT2D eigenvalue weighted by atomic mass is 16.6. The van der Waals surface area contributed by atoms with Crippen molar-refractivity contribution in [2.45, 2.75) is 59.3 Å². The van der Waals surface area contributed by atoms with Gasteiger partial charge in [0.1, 0.15) is 5.75 Å². The summed E-state index contributed by atoms with van der Waals surface area (Å²) in [4.78, 5) is 50.4. The Labute approximate surface area is 231 Å². The Hall–Kier alpha value is -4.34. The van der Waals surface area contributed by atoms with Gasteiger partial charge in [-0.2, -0.15) is 0 Å². The van der Waals surface area contributed by atoms with Gasteiger partial charge in [-0.3, -0.25) is 29.8 Å². The van der Waals surface area contributed by atoms with Crippen LogP contribution in [0.5, 0.6) is 11.5 Å². The summed E-state index contributed by atoms with van der Waals surface area (Å²) in [5.41, 5.74) is 2.67. The van der Waals surface area contributed by atoms with Crippen LogP contribution >= 0.6 is 0 Å². The van der Waals surface area contributed by atoms with Gasteiger partial charge in [0.2, 0.25) is 5.75 Å². The van der Waals surface area contributed by atoms with Crippen LogP contribution in [0.4, 0.5) is 11.4 Å². The first-order chi connectivity index (χ1) is 18.7. The Kier molecular flexibility index (Phi) is 6.40. The van der Waals surface area contributed by atoms with Gasteiger partial charge in [-0.1, -0.05) is 39.8 Å². The molecular weight excluding hydrogens is 514 g/mol. The smallest absolute Gasteiger partial charge is 0.318 e. The molecule has 5 rings (SSSR count). The Morgan fingerprint density at radius 3 is 1.80 bits per heavy atom. The third-order valence-corrected chi connectivity index (χ3v) is 7.97. The second-order valence-corrected chi connectivity index (χ2v) is 12.4. The van der Waals surface area contributed by atoms with E-state index >= 15 is 0 Å². The number of nitro groups is 2. The fraction of sp³-hybridized carbons (Fsp3) is 0.400. The number of ether oxygens (including phenoxy) is 1. The molecule has 1 heterocycles. The number of rotatable bonds is 5. The van der Waals surface area contributed by atoms with Crippen molar-refractivity contribution in [2.75, 3.05) is 7.05 Å². The molecule has 10 nitrogen and oxygen atoms in total. The van der Waals surface area contributed by atoms with Crippen LogP contribution in [-0.2, 0) is 9.59 Å². The van der Waals surface area contributed by atoms with E-state index in [0.29, 0.717) is 24.0 Å².